The highest BCUT2D eigenvalue weighted by Crippen LogP contribution is 2.48. The Balaban J connectivity index is 1.23. The topological polar surface area (TPSA) is 83.1 Å². The summed E-state index contributed by atoms with van der Waals surface area (Å²) < 4.78 is 54.6. The number of hydrogen-bond donors (Lipinski definition) is 1. The van der Waals surface area contributed by atoms with Gasteiger partial charge in [0.25, 0.3) is 5.91 Å². The summed E-state index contributed by atoms with van der Waals surface area (Å²) in [5, 5.41) is 3.17. The summed E-state index contributed by atoms with van der Waals surface area (Å²) in [7, 11) is 0. The molecule has 6 rings (SSSR count). The van der Waals surface area contributed by atoms with Crippen LogP contribution in [0.3, 0.4) is 0 Å². The maximum absolute atomic E-state index is 14.4. The van der Waals surface area contributed by atoms with Crippen LogP contribution in [-0.2, 0) is 15.7 Å². The molecular formula is C29H33F3N6O3. The number of piperidine rings is 1. The minimum Gasteiger partial charge on any atom is -0.481 e. The lowest BCUT2D eigenvalue weighted by Gasteiger charge is -2.47. The molecule has 1 atom stereocenters. The Bertz CT molecular complexity index is 1370. The van der Waals surface area contributed by atoms with Crippen molar-refractivity contribution in [2.75, 3.05) is 62.7 Å². The van der Waals surface area contributed by atoms with Gasteiger partial charge in [-0.2, -0.15) is 13.2 Å². The van der Waals surface area contributed by atoms with Crippen molar-refractivity contribution in [1.82, 2.24) is 19.8 Å². The molecule has 41 heavy (non-hydrogen) atoms. The molecule has 0 radical (unpaired) electrons. The Morgan fingerprint density at radius 1 is 1.15 bits per heavy atom. The summed E-state index contributed by atoms with van der Waals surface area (Å²) in [5.41, 5.74) is 1.17. The van der Waals surface area contributed by atoms with E-state index in [1.54, 1.807) is 31.0 Å². The largest absolute Gasteiger partial charge is 0.481 e. The van der Waals surface area contributed by atoms with E-state index >= 15 is 0 Å². The van der Waals surface area contributed by atoms with Gasteiger partial charge in [-0.25, -0.2) is 9.97 Å². The number of morpholine rings is 1. The first kappa shape index (κ1) is 27.6. The number of alkyl halides is 3. The lowest BCUT2D eigenvalue weighted by molar-refractivity contribution is -0.143. The molecule has 1 N–H and O–H groups in total. The minimum absolute atomic E-state index is 0.137. The van der Waals surface area contributed by atoms with Gasteiger partial charge >= 0.3 is 6.18 Å². The molecule has 3 saturated heterocycles. The van der Waals surface area contributed by atoms with E-state index in [1.807, 2.05) is 6.07 Å². The molecule has 0 bridgehead atoms. The number of pyridine rings is 2. The third-order valence-electron chi connectivity index (χ3n) is 8.36. The average Bonchev–Trinajstić information content (AvgIpc) is 3.08. The summed E-state index contributed by atoms with van der Waals surface area (Å²) in [6.45, 7) is 8.39. The van der Waals surface area contributed by atoms with Gasteiger partial charge in [0.05, 0.1) is 24.5 Å². The lowest BCUT2D eigenvalue weighted by Crippen LogP contribution is -2.54. The summed E-state index contributed by atoms with van der Waals surface area (Å²) in [6.07, 6.45) is -2.08. The molecule has 4 aliphatic heterocycles. The molecular weight excluding hydrogens is 537 g/mol. The first-order valence-electron chi connectivity index (χ1n) is 14.1. The number of carbonyl (C=O) groups excluding carboxylic acids is 1. The van der Waals surface area contributed by atoms with E-state index < -0.39 is 18.0 Å². The molecule has 0 aliphatic carbocycles. The van der Waals surface area contributed by atoms with Gasteiger partial charge in [0.1, 0.15) is 11.9 Å². The number of amides is 1. The number of nitrogens with zero attached hydrogens (tertiary/aromatic N) is 5. The van der Waals surface area contributed by atoms with E-state index in [4.69, 9.17) is 9.47 Å². The maximum Gasteiger partial charge on any atom is 0.437 e. The van der Waals surface area contributed by atoms with Crippen LogP contribution in [0.4, 0.5) is 30.4 Å². The Kier molecular flexibility index (Phi) is 7.42. The number of halogens is 3. The van der Waals surface area contributed by atoms with Crippen LogP contribution in [0.15, 0.2) is 18.3 Å². The van der Waals surface area contributed by atoms with E-state index in [-0.39, 0.29) is 29.3 Å². The highest BCUT2D eigenvalue weighted by molar-refractivity contribution is 5.93. The summed E-state index contributed by atoms with van der Waals surface area (Å²) >= 11 is 0. The molecule has 0 spiro atoms. The SMILES string of the molecule is CC#CC(=O)N1CCC(N2CC(c3cc4c(c(C(F)(F)F)n3)O[C@H](C)c3c(N5CCOCC5)ccnc3N4)C2)CC1. The van der Waals surface area contributed by atoms with E-state index in [2.05, 4.69) is 36.9 Å². The summed E-state index contributed by atoms with van der Waals surface area (Å²) in [6, 6.07) is 3.84. The van der Waals surface area contributed by atoms with E-state index in [0.29, 0.717) is 69.6 Å². The van der Waals surface area contributed by atoms with Gasteiger partial charge in [-0.05, 0) is 44.7 Å². The van der Waals surface area contributed by atoms with Crippen molar-refractivity contribution in [3.05, 3.63) is 35.3 Å². The number of hydrogen-bond acceptors (Lipinski definition) is 8. The zero-order valence-corrected chi connectivity index (χ0v) is 23.1. The second-order valence-corrected chi connectivity index (χ2v) is 10.9. The highest BCUT2D eigenvalue weighted by Gasteiger charge is 2.43. The second-order valence-electron chi connectivity index (χ2n) is 10.9. The van der Waals surface area contributed by atoms with Crippen LogP contribution in [0.1, 0.15) is 55.7 Å². The van der Waals surface area contributed by atoms with Crippen LogP contribution in [0.5, 0.6) is 5.75 Å². The molecule has 2 aromatic rings. The van der Waals surface area contributed by atoms with Crippen molar-refractivity contribution < 1.29 is 27.4 Å². The van der Waals surface area contributed by atoms with Gasteiger partial charge in [0, 0.05) is 68.8 Å². The van der Waals surface area contributed by atoms with Gasteiger partial charge in [0.2, 0.25) is 0 Å². The Labute approximate surface area is 237 Å². The van der Waals surface area contributed by atoms with Crippen molar-refractivity contribution in [2.45, 2.75) is 50.9 Å². The number of carbonyl (C=O) groups is 1. The van der Waals surface area contributed by atoms with Gasteiger partial charge in [-0.3, -0.25) is 9.69 Å². The van der Waals surface area contributed by atoms with Crippen LogP contribution in [0.2, 0.25) is 0 Å². The van der Waals surface area contributed by atoms with Gasteiger partial charge in [-0.1, -0.05) is 5.92 Å². The third kappa shape index (κ3) is 5.40. The summed E-state index contributed by atoms with van der Waals surface area (Å²) in [5.74, 6) is 5.12. The van der Waals surface area contributed by atoms with Crippen molar-refractivity contribution in [1.29, 1.82) is 0 Å². The maximum atomic E-state index is 14.4. The highest BCUT2D eigenvalue weighted by atomic mass is 19.4. The molecule has 3 fully saturated rings. The molecule has 4 aliphatic rings. The molecule has 0 saturated carbocycles. The van der Waals surface area contributed by atoms with Crippen molar-refractivity contribution in [3.8, 4) is 17.6 Å². The first-order valence-corrected chi connectivity index (χ1v) is 14.1. The van der Waals surface area contributed by atoms with Crippen molar-refractivity contribution >= 4 is 23.1 Å². The number of ether oxygens (including phenoxy) is 2. The van der Waals surface area contributed by atoms with E-state index in [0.717, 1.165) is 18.5 Å². The zero-order valence-electron chi connectivity index (χ0n) is 23.1. The average molecular weight is 571 g/mol. The predicted molar refractivity (Wildman–Crippen MR) is 146 cm³/mol. The molecule has 1 amide bonds. The molecule has 6 heterocycles. The first-order chi connectivity index (χ1) is 19.7. The fourth-order valence-electron chi connectivity index (χ4n) is 6.19. The van der Waals surface area contributed by atoms with Crippen LogP contribution < -0.4 is 15.0 Å². The monoisotopic (exact) mass is 570 g/mol. The predicted octanol–water partition coefficient (Wildman–Crippen LogP) is 3.94. The Morgan fingerprint density at radius 2 is 1.88 bits per heavy atom. The minimum atomic E-state index is -4.69. The molecule has 12 heteroatoms. The Hall–Kier alpha value is -3.56. The zero-order chi connectivity index (χ0) is 28.7. The lowest BCUT2D eigenvalue weighted by atomic mass is 9.90. The number of anilines is 3. The van der Waals surface area contributed by atoms with E-state index in [9.17, 15) is 18.0 Å². The molecule has 218 valence electrons. The van der Waals surface area contributed by atoms with Crippen LogP contribution in [0.25, 0.3) is 0 Å². The number of fused-ring (bicyclic) bond motifs is 2. The molecule has 9 nitrogen and oxygen atoms in total. The second kappa shape index (κ2) is 11.0. The van der Waals surface area contributed by atoms with Crippen molar-refractivity contribution in [2.24, 2.45) is 0 Å². The van der Waals surface area contributed by atoms with Crippen molar-refractivity contribution in [3.63, 3.8) is 0 Å². The number of aromatic nitrogens is 2. The Morgan fingerprint density at radius 3 is 2.56 bits per heavy atom. The number of nitrogens with one attached hydrogen (secondary N) is 1. The smallest absolute Gasteiger partial charge is 0.437 e. The quantitative estimate of drug-likeness (QED) is 0.556. The van der Waals surface area contributed by atoms with E-state index in [1.165, 1.54) is 0 Å². The fraction of sp³-hybridized carbons (Fsp3) is 0.552. The third-order valence-corrected chi connectivity index (χ3v) is 8.36. The molecule has 0 aromatic carbocycles. The van der Waals surface area contributed by atoms with Gasteiger partial charge in [-0.15, -0.1) is 0 Å². The van der Waals surface area contributed by atoms with Crippen LogP contribution >= 0.6 is 0 Å². The van der Waals surface area contributed by atoms with Gasteiger partial charge < -0.3 is 24.6 Å². The number of likely N-dealkylation sites (tertiary alicyclic amines) is 2. The molecule has 0 unspecified atom stereocenters. The number of rotatable bonds is 3. The normalized spacial score (nSPS) is 21.8. The van der Waals surface area contributed by atoms with Crippen LogP contribution in [0, 0.1) is 11.8 Å². The molecule has 2 aromatic heterocycles. The summed E-state index contributed by atoms with van der Waals surface area (Å²) in [4.78, 5) is 26.9. The standard InChI is InChI=1S/C29H33F3N6O3/c1-3-4-24(39)37-9-6-20(7-10-37)38-16-19(17-38)21-15-22-26(27(34-21)29(30,31)32)41-18(2)25-23(5-8-33-28(25)35-22)36-11-13-40-14-12-36/h5,8,15,18-20H,6-7,9-14,16-17H2,1-2H3,(H,33,35)/t18-/m1/s1. The fourth-order valence-corrected chi connectivity index (χ4v) is 6.19. The van der Waals surface area contributed by atoms with Gasteiger partial charge in [0.15, 0.2) is 11.4 Å². The van der Waals surface area contributed by atoms with Crippen LogP contribution in [-0.4, -0.2) is 84.2 Å².